The Bertz CT molecular complexity index is 511. The molecule has 1 rings (SSSR count). The molecule has 5 heteroatoms. The molecule has 2 atom stereocenters. The molecule has 20 heavy (non-hydrogen) atoms. The number of nitriles is 1. The van der Waals surface area contributed by atoms with Gasteiger partial charge in [-0.2, -0.15) is 5.26 Å². The third kappa shape index (κ3) is 4.75. The van der Waals surface area contributed by atoms with E-state index in [1.165, 1.54) is 0 Å². The Morgan fingerprint density at radius 1 is 1.45 bits per heavy atom. The molecule has 0 bridgehead atoms. The van der Waals surface area contributed by atoms with Crippen LogP contribution in [0.4, 0.5) is 5.69 Å². The van der Waals surface area contributed by atoms with Crippen LogP contribution >= 0.6 is 11.6 Å². The van der Waals surface area contributed by atoms with Crippen molar-refractivity contribution in [2.24, 2.45) is 5.92 Å². The van der Waals surface area contributed by atoms with Crippen LogP contribution in [-0.4, -0.2) is 17.1 Å². The molecule has 0 fully saturated rings. The average Bonchev–Trinajstić information content (AvgIpc) is 2.38. The Morgan fingerprint density at radius 3 is 2.75 bits per heavy atom. The van der Waals surface area contributed by atoms with Gasteiger partial charge in [0, 0.05) is 6.04 Å². The second kappa shape index (κ2) is 7.76. The van der Waals surface area contributed by atoms with Crippen molar-refractivity contribution in [3.63, 3.8) is 0 Å². The molecule has 108 valence electrons. The summed E-state index contributed by atoms with van der Waals surface area (Å²) in [5.41, 5.74) is 1.17. The van der Waals surface area contributed by atoms with Crippen molar-refractivity contribution in [2.75, 3.05) is 5.32 Å². The third-order valence-electron chi connectivity index (χ3n) is 3.22. The predicted octanol–water partition coefficient (Wildman–Crippen LogP) is 3.90. The van der Waals surface area contributed by atoms with Gasteiger partial charge < -0.3 is 10.4 Å². The largest absolute Gasteiger partial charge is 0.481 e. The molecule has 0 saturated carbocycles. The second-order valence-electron chi connectivity index (χ2n) is 4.99. The Hall–Kier alpha value is -1.73. The van der Waals surface area contributed by atoms with Gasteiger partial charge in [0.05, 0.1) is 22.2 Å². The summed E-state index contributed by atoms with van der Waals surface area (Å²) in [5, 5.41) is 21.6. The van der Waals surface area contributed by atoms with Gasteiger partial charge >= 0.3 is 5.97 Å². The number of carbonyl (C=O) groups is 1. The molecular weight excluding hydrogens is 276 g/mol. The normalized spacial score (nSPS) is 13.3. The van der Waals surface area contributed by atoms with E-state index in [4.69, 9.17) is 22.0 Å². The summed E-state index contributed by atoms with van der Waals surface area (Å²) in [6, 6.07) is 7.54. The molecule has 4 nitrogen and oxygen atoms in total. The Kier molecular flexibility index (Phi) is 6.33. The van der Waals surface area contributed by atoms with Crippen molar-refractivity contribution in [3.8, 4) is 6.07 Å². The highest BCUT2D eigenvalue weighted by Crippen LogP contribution is 2.24. The van der Waals surface area contributed by atoms with Gasteiger partial charge in [0.25, 0.3) is 0 Å². The first-order chi connectivity index (χ1) is 9.45. The minimum Gasteiger partial charge on any atom is -0.481 e. The Morgan fingerprint density at radius 2 is 2.15 bits per heavy atom. The second-order valence-corrected chi connectivity index (χ2v) is 5.40. The number of halogens is 1. The van der Waals surface area contributed by atoms with Crippen LogP contribution in [-0.2, 0) is 4.79 Å². The van der Waals surface area contributed by atoms with Crippen molar-refractivity contribution >= 4 is 23.3 Å². The molecule has 1 aromatic rings. The summed E-state index contributed by atoms with van der Waals surface area (Å²) < 4.78 is 0. The van der Waals surface area contributed by atoms with Gasteiger partial charge in [-0.1, -0.05) is 31.0 Å². The first-order valence-electron chi connectivity index (χ1n) is 6.63. The molecule has 0 aliphatic heterocycles. The first-order valence-corrected chi connectivity index (χ1v) is 7.01. The SMILES string of the molecule is CC(CCCC(C)C(=O)O)Nc1cccc(Cl)c1C#N. The van der Waals surface area contributed by atoms with E-state index in [0.29, 0.717) is 17.0 Å². The van der Waals surface area contributed by atoms with Gasteiger partial charge in [-0.15, -0.1) is 0 Å². The number of rotatable bonds is 7. The molecule has 0 aliphatic carbocycles. The summed E-state index contributed by atoms with van der Waals surface area (Å²) in [5.74, 6) is -1.07. The van der Waals surface area contributed by atoms with E-state index in [1.54, 1.807) is 19.1 Å². The summed E-state index contributed by atoms with van der Waals surface area (Å²) in [6.07, 6.45) is 2.32. The van der Waals surface area contributed by atoms with Crippen molar-refractivity contribution < 1.29 is 9.90 Å². The van der Waals surface area contributed by atoms with Crippen LogP contribution in [0.15, 0.2) is 18.2 Å². The molecule has 0 amide bonds. The lowest BCUT2D eigenvalue weighted by atomic mass is 10.0. The molecule has 2 N–H and O–H groups in total. The maximum atomic E-state index is 10.7. The molecular formula is C15H19ClN2O2. The molecule has 0 saturated heterocycles. The summed E-state index contributed by atoms with van der Waals surface area (Å²) in [4.78, 5) is 10.7. The standard InChI is InChI=1S/C15H19ClN2O2/c1-10(15(19)20)5-3-6-11(2)18-14-8-4-7-13(16)12(14)9-17/h4,7-8,10-11,18H,3,5-6H2,1-2H3,(H,19,20). The number of nitrogens with zero attached hydrogens (tertiary/aromatic N) is 1. The molecule has 0 spiro atoms. The van der Waals surface area contributed by atoms with Gasteiger partial charge in [-0.25, -0.2) is 0 Å². The molecule has 1 aromatic carbocycles. The number of benzene rings is 1. The fourth-order valence-corrected chi connectivity index (χ4v) is 2.17. The van der Waals surface area contributed by atoms with E-state index in [9.17, 15) is 4.79 Å². The lowest BCUT2D eigenvalue weighted by Crippen LogP contribution is -2.17. The van der Waals surface area contributed by atoms with Crippen molar-refractivity contribution in [1.82, 2.24) is 0 Å². The number of carboxylic acid groups (broad SMARTS) is 1. The monoisotopic (exact) mass is 294 g/mol. The van der Waals surface area contributed by atoms with Crippen LogP contribution in [0.1, 0.15) is 38.7 Å². The zero-order chi connectivity index (χ0) is 15.1. The van der Waals surface area contributed by atoms with Crippen molar-refractivity contribution in [1.29, 1.82) is 5.26 Å². The highest BCUT2D eigenvalue weighted by molar-refractivity contribution is 6.32. The number of aliphatic carboxylic acids is 1. The minimum absolute atomic E-state index is 0.154. The Balaban J connectivity index is 2.51. The van der Waals surface area contributed by atoms with Crippen LogP contribution in [0.2, 0.25) is 5.02 Å². The summed E-state index contributed by atoms with van der Waals surface area (Å²) >= 11 is 5.97. The highest BCUT2D eigenvalue weighted by atomic mass is 35.5. The summed E-state index contributed by atoms with van der Waals surface area (Å²) in [6.45, 7) is 3.72. The first kappa shape index (κ1) is 16.3. The zero-order valence-electron chi connectivity index (χ0n) is 11.7. The lowest BCUT2D eigenvalue weighted by Gasteiger charge is -2.17. The van der Waals surface area contributed by atoms with E-state index in [0.717, 1.165) is 18.5 Å². The minimum atomic E-state index is -0.757. The molecule has 0 aliphatic rings. The average molecular weight is 295 g/mol. The van der Waals surface area contributed by atoms with Crippen LogP contribution in [0.3, 0.4) is 0 Å². The fraction of sp³-hybridized carbons (Fsp3) is 0.467. The van der Waals surface area contributed by atoms with Crippen LogP contribution in [0, 0.1) is 17.2 Å². The number of nitrogens with one attached hydrogen (secondary N) is 1. The summed E-state index contributed by atoms with van der Waals surface area (Å²) in [7, 11) is 0. The molecule has 0 aromatic heterocycles. The third-order valence-corrected chi connectivity index (χ3v) is 3.54. The van der Waals surface area contributed by atoms with E-state index >= 15 is 0 Å². The number of anilines is 1. The fourth-order valence-electron chi connectivity index (χ4n) is 1.95. The van der Waals surface area contributed by atoms with Crippen LogP contribution in [0.25, 0.3) is 0 Å². The lowest BCUT2D eigenvalue weighted by molar-refractivity contribution is -0.141. The number of hydrogen-bond acceptors (Lipinski definition) is 3. The number of hydrogen-bond donors (Lipinski definition) is 2. The highest BCUT2D eigenvalue weighted by Gasteiger charge is 2.12. The van der Waals surface area contributed by atoms with Crippen molar-refractivity contribution in [2.45, 2.75) is 39.2 Å². The Labute approximate surface area is 124 Å². The van der Waals surface area contributed by atoms with Gasteiger partial charge in [-0.05, 0) is 31.9 Å². The van der Waals surface area contributed by atoms with E-state index in [1.807, 2.05) is 13.0 Å². The van der Waals surface area contributed by atoms with E-state index < -0.39 is 5.97 Å². The molecule has 2 unspecified atom stereocenters. The van der Waals surface area contributed by atoms with E-state index in [-0.39, 0.29) is 12.0 Å². The molecule has 0 radical (unpaired) electrons. The van der Waals surface area contributed by atoms with Crippen LogP contribution in [0.5, 0.6) is 0 Å². The maximum Gasteiger partial charge on any atom is 0.306 e. The zero-order valence-corrected chi connectivity index (χ0v) is 12.4. The van der Waals surface area contributed by atoms with Gasteiger partial charge in [-0.3, -0.25) is 4.79 Å². The van der Waals surface area contributed by atoms with Gasteiger partial charge in [0.15, 0.2) is 0 Å². The van der Waals surface area contributed by atoms with E-state index in [2.05, 4.69) is 11.4 Å². The van der Waals surface area contributed by atoms with Gasteiger partial charge in [0.1, 0.15) is 6.07 Å². The van der Waals surface area contributed by atoms with Crippen LogP contribution < -0.4 is 5.32 Å². The predicted molar refractivity (Wildman–Crippen MR) is 79.9 cm³/mol. The number of carboxylic acids is 1. The molecule has 0 heterocycles. The quantitative estimate of drug-likeness (QED) is 0.800. The van der Waals surface area contributed by atoms with Crippen molar-refractivity contribution in [3.05, 3.63) is 28.8 Å². The smallest absolute Gasteiger partial charge is 0.306 e. The van der Waals surface area contributed by atoms with Gasteiger partial charge in [0.2, 0.25) is 0 Å². The topological polar surface area (TPSA) is 73.1 Å². The maximum absolute atomic E-state index is 10.7.